The van der Waals surface area contributed by atoms with Gasteiger partial charge < -0.3 is 4.74 Å². The Bertz CT molecular complexity index is 208. The molecule has 0 radical (unpaired) electrons. The van der Waals surface area contributed by atoms with E-state index >= 15 is 0 Å². The maximum atomic E-state index is 5.40. The van der Waals surface area contributed by atoms with Crippen molar-refractivity contribution in [2.75, 3.05) is 11.0 Å². The van der Waals surface area contributed by atoms with Gasteiger partial charge in [0.2, 0.25) is 0 Å². The lowest BCUT2D eigenvalue weighted by Crippen LogP contribution is -1.96. The molecule has 0 N–H and O–H groups in total. The molecule has 0 fully saturated rings. The molecular weight excluding hydrogens is 366 g/mol. The summed E-state index contributed by atoms with van der Waals surface area (Å²) in [6.07, 6.45) is 0. The molecule has 3 heteroatoms. The first kappa shape index (κ1) is 9.57. The number of rotatable bonds is 3. The molecule has 0 aliphatic carbocycles. The number of alkyl halides is 1. The lowest BCUT2D eigenvalue weighted by Gasteiger charge is -2.02. The second kappa shape index (κ2) is 5.18. The molecule has 0 amide bonds. The highest BCUT2D eigenvalue weighted by Gasteiger charge is 1.90. The van der Waals surface area contributed by atoms with E-state index in [1.807, 2.05) is 24.3 Å². The lowest BCUT2D eigenvalue weighted by molar-refractivity contribution is 0.346. The van der Waals surface area contributed by atoms with Gasteiger partial charge in [-0.25, -0.2) is 0 Å². The summed E-state index contributed by atoms with van der Waals surface area (Å²) in [5, 5.41) is 0. The van der Waals surface area contributed by atoms with Gasteiger partial charge in [-0.15, -0.1) is 0 Å². The Morgan fingerprint density at radius 3 is 2.36 bits per heavy atom. The zero-order valence-corrected chi connectivity index (χ0v) is 10.2. The van der Waals surface area contributed by atoms with Crippen LogP contribution in [0.3, 0.4) is 0 Å². The second-order valence-corrected chi connectivity index (χ2v) is 4.32. The van der Waals surface area contributed by atoms with Crippen LogP contribution in [0.1, 0.15) is 0 Å². The van der Waals surface area contributed by atoms with Crippen LogP contribution in [-0.4, -0.2) is 11.0 Å². The van der Waals surface area contributed by atoms with E-state index < -0.39 is 0 Å². The molecule has 0 atom stereocenters. The van der Waals surface area contributed by atoms with Gasteiger partial charge in [0.25, 0.3) is 0 Å². The van der Waals surface area contributed by atoms with Crippen LogP contribution in [0.4, 0.5) is 0 Å². The average molecular weight is 374 g/mol. The molecule has 11 heavy (non-hydrogen) atoms. The van der Waals surface area contributed by atoms with Gasteiger partial charge in [0.05, 0.1) is 6.61 Å². The summed E-state index contributed by atoms with van der Waals surface area (Å²) in [4.78, 5) is 0. The summed E-state index contributed by atoms with van der Waals surface area (Å²) in [6, 6.07) is 8.08. The quantitative estimate of drug-likeness (QED) is 0.584. The number of halogens is 2. The SMILES string of the molecule is ICCOc1ccc(I)cc1. The maximum absolute atomic E-state index is 5.40. The minimum Gasteiger partial charge on any atom is -0.493 e. The molecular formula is C8H8I2O. The van der Waals surface area contributed by atoms with E-state index in [9.17, 15) is 0 Å². The topological polar surface area (TPSA) is 9.23 Å². The normalized spacial score (nSPS) is 9.64. The predicted molar refractivity (Wildman–Crippen MR) is 63.5 cm³/mol. The molecule has 1 nitrogen and oxygen atoms in total. The minimum atomic E-state index is 0.793. The fourth-order valence-electron chi connectivity index (χ4n) is 0.687. The van der Waals surface area contributed by atoms with Gasteiger partial charge in [-0.2, -0.15) is 0 Å². The van der Waals surface area contributed by atoms with E-state index in [4.69, 9.17) is 4.74 Å². The van der Waals surface area contributed by atoms with Crippen molar-refractivity contribution in [3.63, 3.8) is 0 Å². The second-order valence-electron chi connectivity index (χ2n) is 1.99. The smallest absolute Gasteiger partial charge is 0.119 e. The van der Waals surface area contributed by atoms with Crippen molar-refractivity contribution in [3.8, 4) is 5.75 Å². The van der Waals surface area contributed by atoms with Crippen LogP contribution in [0.5, 0.6) is 5.75 Å². The first-order chi connectivity index (χ1) is 5.33. The third-order valence-electron chi connectivity index (χ3n) is 1.16. The highest BCUT2D eigenvalue weighted by Crippen LogP contribution is 2.13. The first-order valence-corrected chi connectivity index (χ1v) is 5.87. The molecule has 0 aromatic heterocycles. The summed E-state index contributed by atoms with van der Waals surface area (Å²) in [6.45, 7) is 0.793. The zero-order valence-electron chi connectivity index (χ0n) is 5.89. The first-order valence-electron chi connectivity index (χ1n) is 3.27. The van der Waals surface area contributed by atoms with Gasteiger partial charge in [-0.3, -0.25) is 0 Å². The van der Waals surface area contributed by atoms with Crippen molar-refractivity contribution in [2.45, 2.75) is 0 Å². The van der Waals surface area contributed by atoms with Crippen LogP contribution in [0, 0.1) is 3.57 Å². The van der Waals surface area contributed by atoms with Crippen molar-refractivity contribution < 1.29 is 4.74 Å². The highest BCUT2D eigenvalue weighted by atomic mass is 127. The molecule has 0 aliphatic rings. The largest absolute Gasteiger partial charge is 0.493 e. The van der Waals surface area contributed by atoms with Crippen LogP contribution in [0.2, 0.25) is 0 Å². The Labute approximate surface area is 93.8 Å². The fourth-order valence-corrected chi connectivity index (χ4v) is 1.27. The van der Waals surface area contributed by atoms with Gasteiger partial charge in [0.15, 0.2) is 0 Å². The molecule has 1 aromatic rings. The number of ether oxygens (including phenoxy) is 1. The summed E-state index contributed by atoms with van der Waals surface area (Å²) in [5.41, 5.74) is 0. The molecule has 0 unspecified atom stereocenters. The predicted octanol–water partition coefficient (Wildman–Crippen LogP) is 3.11. The Hall–Kier alpha value is 0.480. The number of hydrogen-bond acceptors (Lipinski definition) is 1. The summed E-state index contributed by atoms with van der Waals surface area (Å²) in [5.74, 6) is 0.960. The standard InChI is InChI=1S/C8H8I2O/c9-5-6-11-8-3-1-7(10)2-4-8/h1-4H,5-6H2. The zero-order chi connectivity index (χ0) is 8.10. The van der Waals surface area contributed by atoms with Crippen molar-refractivity contribution in [2.24, 2.45) is 0 Å². The van der Waals surface area contributed by atoms with E-state index in [0.29, 0.717) is 0 Å². The average Bonchev–Trinajstić information content (AvgIpc) is 2.04. The summed E-state index contributed by atoms with van der Waals surface area (Å²) >= 11 is 4.57. The van der Waals surface area contributed by atoms with Crippen molar-refractivity contribution in [1.82, 2.24) is 0 Å². The Kier molecular flexibility index (Phi) is 4.51. The van der Waals surface area contributed by atoms with Gasteiger partial charge in [-0.05, 0) is 46.9 Å². The van der Waals surface area contributed by atoms with E-state index in [2.05, 4.69) is 45.2 Å². The van der Waals surface area contributed by atoms with E-state index in [1.165, 1.54) is 3.57 Å². The van der Waals surface area contributed by atoms with Crippen LogP contribution in [-0.2, 0) is 0 Å². The fraction of sp³-hybridized carbons (Fsp3) is 0.250. The van der Waals surface area contributed by atoms with E-state index in [-0.39, 0.29) is 0 Å². The summed E-state index contributed by atoms with van der Waals surface area (Å²) < 4.78 is 7.67. The molecule has 1 rings (SSSR count). The van der Waals surface area contributed by atoms with Gasteiger partial charge in [-0.1, -0.05) is 22.6 Å². The van der Waals surface area contributed by atoms with Crippen LogP contribution >= 0.6 is 45.2 Å². The van der Waals surface area contributed by atoms with Crippen molar-refractivity contribution in [3.05, 3.63) is 27.8 Å². The van der Waals surface area contributed by atoms with Gasteiger partial charge >= 0.3 is 0 Å². The third-order valence-corrected chi connectivity index (χ3v) is 2.32. The maximum Gasteiger partial charge on any atom is 0.119 e. The van der Waals surface area contributed by atoms with Gasteiger partial charge in [0, 0.05) is 8.00 Å². The van der Waals surface area contributed by atoms with E-state index in [1.54, 1.807) is 0 Å². The minimum absolute atomic E-state index is 0.793. The number of hydrogen-bond donors (Lipinski definition) is 0. The Balaban J connectivity index is 2.52. The molecule has 0 spiro atoms. The Morgan fingerprint density at radius 2 is 1.82 bits per heavy atom. The molecule has 0 aliphatic heterocycles. The van der Waals surface area contributed by atoms with Crippen LogP contribution < -0.4 is 4.74 Å². The van der Waals surface area contributed by atoms with Crippen LogP contribution in [0.25, 0.3) is 0 Å². The van der Waals surface area contributed by atoms with Crippen molar-refractivity contribution in [1.29, 1.82) is 0 Å². The molecule has 0 bridgehead atoms. The Morgan fingerprint density at radius 1 is 1.18 bits per heavy atom. The van der Waals surface area contributed by atoms with Crippen molar-refractivity contribution >= 4 is 45.2 Å². The third kappa shape index (κ3) is 3.59. The van der Waals surface area contributed by atoms with Crippen LogP contribution in [0.15, 0.2) is 24.3 Å². The van der Waals surface area contributed by atoms with E-state index in [0.717, 1.165) is 16.8 Å². The molecule has 0 heterocycles. The highest BCUT2D eigenvalue weighted by molar-refractivity contribution is 14.1. The monoisotopic (exact) mass is 374 g/mol. The summed E-state index contributed by atoms with van der Waals surface area (Å²) in [7, 11) is 0. The molecule has 0 saturated carbocycles. The lowest BCUT2D eigenvalue weighted by atomic mass is 10.3. The molecule has 60 valence electrons. The molecule has 0 saturated heterocycles. The molecule has 1 aromatic carbocycles. The number of benzene rings is 1. The van der Waals surface area contributed by atoms with Gasteiger partial charge in [0.1, 0.15) is 5.75 Å².